The Balaban J connectivity index is 1.32. The number of aliphatic carboxylic acids is 3. The number of ether oxygens (including phenoxy) is 1. The molecular formula is C52H55FN4O15S. The highest BCUT2D eigenvalue weighted by molar-refractivity contribution is 7.89. The number of halogens is 1. The lowest BCUT2D eigenvalue weighted by Crippen LogP contribution is -2.47. The van der Waals surface area contributed by atoms with Crippen molar-refractivity contribution in [3.05, 3.63) is 126 Å². The first-order valence-corrected chi connectivity index (χ1v) is 24.6. The quantitative estimate of drug-likeness (QED) is 0.0294. The van der Waals surface area contributed by atoms with Crippen molar-refractivity contribution in [2.24, 2.45) is 17.8 Å². The SMILES string of the molecule is CC(=O)[C@H](CCC(=O)O)CC(=O)[C@H](Cc1c[nH]c2ccccc12)NC(=O)[C@@H](CC(=O)CNC(=O)[C@H](CCC(=O)O)CC(=O)[C@@H](CC(=O)O)NS(=O)(=O)c1ccc(Oc2ccccc2)cc1)Cc1cccc(F)c1. The number of ketones is 4. The van der Waals surface area contributed by atoms with Crippen LogP contribution in [0, 0.1) is 23.6 Å². The van der Waals surface area contributed by atoms with Gasteiger partial charge in [-0.25, -0.2) is 17.5 Å². The van der Waals surface area contributed by atoms with E-state index in [0.717, 1.165) is 35.2 Å². The molecule has 0 unspecified atom stereocenters. The maximum absolute atomic E-state index is 14.4. The summed E-state index contributed by atoms with van der Waals surface area (Å²) in [5.74, 6) is -12.6. The molecule has 21 heteroatoms. The molecular weight excluding hydrogens is 972 g/mol. The van der Waals surface area contributed by atoms with Crippen molar-refractivity contribution >= 4 is 73.8 Å². The van der Waals surface area contributed by atoms with Gasteiger partial charge in [-0.2, -0.15) is 0 Å². The van der Waals surface area contributed by atoms with Crippen LogP contribution in [0.2, 0.25) is 0 Å². The molecule has 1 heterocycles. The third kappa shape index (κ3) is 17.7. The van der Waals surface area contributed by atoms with E-state index in [1.165, 1.54) is 31.2 Å². The van der Waals surface area contributed by atoms with E-state index >= 15 is 0 Å². The maximum Gasteiger partial charge on any atom is 0.305 e. The lowest BCUT2D eigenvalue weighted by atomic mass is 9.88. The molecule has 5 rings (SSSR count). The second-order valence-corrected chi connectivity index (χ2v) is 19.2. The van der Waals surface area contributed by atoms with Gasteiger partial charge in [0.15, 0.2) is 17.3 Å². The van der Waals surface area contributed by atoms with E-state index in [2.05, 4.69) is 20.3 Å². The van der Waals surface area contributed by atoms with Gasteiger partial charge in [0.25, 0.3) is 0 Å². The van der Waals surface area contributed by atoms with E-state index in [1.54, 1.807) is 60.8 Å². The van der Waals surface area contributed by atoms with Gasteiger partial charge >= 0.3 is 17.9 Å². The first-order valence-electron chi connectivity index (χ1n) is 23.1. The average Bonchev–Trinajstić information content (AvgIpc) is 3.75. The highest BCUT2D eigenvalue weighted by Gasteiger charge is 2.34. The number of fused-ring (bicyclic) bond motifs is 1. The Morgan fingerprint density at radius 3 is 1.90 bits per heavy atom. The van der Waals surface area contributed by atoms with Gasteiger partial charge in [0, 0.05) is 73.4 Å². The van der Waals surface area contributed by atoms with Crippen molar-refractivity contribution in [3.63, 3.8) is 0 Å². The number of carboxylic acids is 3. The molecule has 4 aromatic carbocycles. The van der Waals surface area contributed by atoms with Crippen LogP contribution >= 0.6 is 0 Å². The Morgan fingerprint density at radius 1 is 0.644 bits per heavy atom. The summed E-state index contributed by atoms with van der Waals surface area (Å²) >= 11 is 0. The number of carbonyl (C=O) groups is 9. The summed E-state index contributed by atoms with van der Waals surface area (Å²) < 4.78 is 49.0. The summed E-state index contributed by atoms with van der Waals surface area (Å²) in [5.41, 5.74) is 1.62. The molecule has 5 aromatic rings. The predicted molar refractivity (Wildman–Crippen MR) is 260 cm³/mol. The zero-order valence-electron chi connectivity index (χ0n) is 39.6. The molecule has 386 valence electrons. The molecule has 19 nitrogen and oxygen atoms in total. The fraction of sp³-hybridized carbons (Fsp3) is 0.327. The summed E-state index contributed by atoms with van der Waals surface area (Å²) in [6.45, 7) is 0.449. The zero-order valence-corrected chi connectivity index (χ0v) is 40.4. The van der Waals surface area contributed by atoms with Gasteiger partial charge in [0.1, 0.15) is 23.1 Å². The molecule has 0 saturated carbocycles. The Hall–Kier alpha value is -7.91. The topological polar surface area (TPSA) is 310 Å². The molecule has 7 N–H and O–H groups in total. The molecule has 0 aliphatic heterocycles. The van der Waals surface area contributed by atoms with Crippen LogP contribution < -0.4 is 20.1 Å². The molecule has 0 spiro atoms. The van der Waals surface area contributed by atoms with Crippen molar-refractivity contribution in [1.82, 2.24) is 20.3 Å². The summed E-state index contributed by atoms with van der Waals surface area (Å²) in [6, 6.07) is 22.7. The number of sulfonamides is 1. The van der Waals surface area contributed by atoms with Gasteiger partial charge in [0.05, 0.1) is 29.9 Å². The van der Waals surface area contributed by atoms with Crippen molar-refractivity contribution in [3.8, 4) is 11.5 Å². The van der Waals surface area contributed by atoms with Crippen LogP contribution in [0.1, 0.15) is 69.4 Å². The fourth-order valence-electron chi connectivity index (χ4n) is 8.04. The number of Topliss-reactive ketones (excluding diaryl/α,β-unsaturated/α-hetero) is 4. The van der Waals surface area contributed by atoms with E-state index in [9.17, 15) is 71.3 Å². The normalized spacial score (nSPS) is 13.4. The zero-order chi connectivity index (χ0) is 53.2. The molecule has 0 bridgehead atoms. The van der Waals surface area contributed by atoms with Crippen molar-refractivity contribution < 1.29 is 76.0 Å². The molecule has 1 aromatic heterocycles. The molecule has 0 fully saturated rings. The van der Waals surface area contributed by atoms with Gasteiger partial charge < -0.3 is 35.7 Å². The number of aromatic nitrogens is 1. The van der Waals surface area contributed by atoms with Crippen molar-refractivity contribution in [2.45, 2.75) is 88.1 Å². The molecule has 5 atom stereocenters. The van der Waals surface area contributed by atoms with Gasteiger partial charge in [-0.05, 0) is 91.9 Å². The van der Waals surface area contributed by atoms with Crippen LogP contribution in [0.4, 0.5) is 4.39 Å². The van der Waals surface area contributed by atoms with Gasteiger partial charge in [-0.15, -0.1) is 0 Å². The highest BCUT2D eigenvalue weighted by Crippen LogP contribution is 2.25. The Bertz CT molecular complexity index is 2930. The largest absolute Gasteiger partial charge is 0.481 e. The van der Waals surface area contributed by atoms with Crippen molar-refractivity contribution in [1.29, 1.82) is 0 Å². The molecule has 73 heavy (non-hydrogen) atoms. The summed E-state index contributed by atoms with van der Waals surface area (Å²) in [6.07, 6.45) is -3.29. The van der Waals surface area contributed by atoms with Crippen LogP contribution in [-0.2, 0) is 66.0 Å². The Morgan fingerprint density at radius 2 is 1.26 bits per heavy atom. The Labute approximate surface area is 419 Å². The second-order valence-electron chi connectivity index (χ2n) is 17.5. The van der Waals surface area contributed by atoms with Crippen LogP contribution in [0.15, 0.2) is 114 Å². The van der Waals surface area contributed by atoms with E-state index in [-0.39, 0.29) is 35.5 Å². The molecule has 0 aliphatic carbocycles. The average molecular weight is 1030 g/mol. The highest BCUT2D eigenvalue weighted by atomic mass is 32.2. The predicted octanol–water partition coefficient (Wildman–Crippen LogP) is 5.35. The van der Waals surface area contributed by atoms with Gasteiger partial charge in [-0.3, -0.25) is 43.2 Å². The summed E-state index contributed by atoms with van der Waals surface area (Å²) in [7, 11) is -4.57. The molecule has 0 aliphatic rings. The number of aromatic amines is 1. The standard InChI is InChI=1S/C52H55FN4O15S/c1-31(58)33(14-20-48(62)63)26-46(60)44(25-36-29-54-43-13-6-5-12-42(36)43)56-52(69)35(22-32-8-7-9-37(53)23-32)24-38(59)30-55-51(68)34(15-21-49(64)65)27-47(61)45(28-50(66)67)57-73(70,71)41-18-16-40(17-19-41)72-39-10-3-2-4-11-39/h2-13,16-19,23,29,33-35,44-45,54,57H,14-15,20-22,24-28,30H2,1H3,(H,55,68)(H,56,69)(H,62,63)(H,64,65)(H,66,67)/t33-,34-,35-,44+,45-/m1/s1. The van der Waals surface area contributed by atoms with Crippen LogP contribution in [0.25, 0.3) is 10.9 Å². The number of rotatable bonds is 31. The fourth-order valence-corrected chi connectivity index (χ4v) is 9.26. The number of carboxylic acid groups (broad SMARTS) is 3. The minimum Gasteiger partial charge on any atom is -0.481 e. The van der Waals surface area contributed by atoms with Crippen LogP contribution in [0.3, 0.4) is 0 Å². The number of hydrogen-bond donors (Lipinski definition) is 7. The van der Waals surface area contributed by atoms with E-state index < -0.39 is 150 Å². The van der Waals surface area contributed by atoms with Crippen LogP contribution in [0.5, 0.6) is 11.5 Å². The van der Waals surface area contributed by atoms with Crippen LogP contribution in [-0.4, -0.2) is 100 Å². The maximum atomic E-state index is 14.4. The minimum atomic E-state index is -4.57. The van der Waals surface area contributed by atoms with Crippen molar-refractivity contribution in [2.75, 3.05) is 6.54 Å². The summed E-state index contributed by atoms with van der Waals surface area (Å²) in [5, 5.41) is 34.1. The number of hydrogen-bond acceptors (Lipinski definition) is 12. The van der Waals surface area contributed by atoms with E-state index in [0.29, 0.717) is 11.3 Å². The number of amides is 2. The number of para-hydroxylation sites is 2. The Kier molecular flexibility index (Phi) is 20.3. The molecule has 2 amide bonds. The number of nitrogens with one attached hydrogen (secondary N) is 4. The van der Waals surface area contributed by atoms with Gasteiger partial charge in [0.2, 0.25) is 21.8 Å². The monoisotopic (exact) mass is 1030 g/mol. The number of carbonyl (C=O) groups excluding carboxylic acids is 6. The lowest BCUT2D eigenvalue weighted by Gasteiger charge is -2.24. The third-order valence-corrected chi connectivity index (χ3v) is 13.4. The minimum absolute atomic E-state index is 0.0855. The first kappa shape index (κ1) is 56.0. The number of H-pyrrole nitrogens is 1. The number of benzene rings is 4. The molecule has 0 radical (unpaired) electrons. The molecule has 0 saturated heterocycles. The van der Waals surface area contributed by atoms with E-state index in [1.807, 2.05) is 0 Å². The second kappa shape index (κ2) is 26.5. The van der Waals surface area contributed by atoms with E-state index in [4.69, 9.17) is 4.74 Å². The van der Waals surface area contributed by atoms with Gasteiger partial charge in [-0.1, -0.05) is 48.5 Å². The lowest BCUT2D eigenvalue weighted by molar-refractivity contribution is -0.140. The third-order valence-electron chi connectivity index (χ3n) is 11.9. The first-order chi connectivity index (χ1) is 34.7. The summed E-state index contributed by atoms with van der Waals surface area (Å²) in [4.78, 5) is 119. The smallest absolute Gasteiger partial charge is 0.305 e.